The third-order valence-electron chi connectivity index (χ3n) is 1.78. The summed E-state index contributed by atoms with van der Waals surface area (Å²) in [4.78, 5) is 17.4. The summed E-state index contributed by atoms with van der Waals surface area (Å²) in [6.45, 7) is 4.56. The maximum atomic E-state index is 11.6. The summed E-state index contributed by atoms with van der Waals surface area (Å²) in [5, 5.41) is 0.691. The lowest BCUT2D eigenvalue weighted by Crippen LogP contribution is -2.29. The van der Waals surface area contributed by atoms with Gasteiger partial charge in [0.1, 0.15) is 4.34 Å². The Bertz CT molecular complexity index is 314. The van der Waals surface area contributed by atoms with Crippen molar-refractivity contribution in [1.82, 2.24) is 4.98 Å². The summed E-state index contributed by atoms with van der Waals surface area (Å²) in [6.07, 6.45) is 2.99. The van der Waals surface area contributed by atoms with Crippen molar-refractivity contribution in [3.05, 3.63) is 10.5 Å². The third kappa shape index (κ3) is 2.69. The van der Waals surface area contributed by atoms with Gasteiger partial charge >= 0.3 is 0 Å². The monoisotopic (exact) mass is 232 g/mol. The normalized spacial score (nSPS) is 10.2. The minimum Gasteiger partial charge on any atom is -0.288 e. The lowest BCUT2D eigenvalue weighted by atomic mass is 10.3. The molecular weight excluding hydrogens is 220 g/mol. The van der Waals surface area contributed by atoms with Gasteiger partial charge < -0.3 is 0 Å². The number of rotatable bonds is 4. The fourth-order valence-electron chi connectivity index (χ4n) is 1.14. The molecule has 0 radical (unpaired) electrons. The lowest BCUT2D eigenvalue weighted by molar-refractivity contribution is -0.118. The van der Waals surface area contributed by atoms with E-state index >= 15 is 0 Å². The largest absolute Gasteiger partial charge is 0.288 e. The molecule has 1 aromatic rings. The Labute approximate surface area is 92.7 Å². The van der Waals surface area contributed by atoms with Crippen molar-refractivity contribution in [2.24, 2.45) is 0 Å². The molecule has 78 valence electrons. The first-order valence-electron chi connectivity index (χ1n) is 4.60. The first kappa shape index (κ1) is 11.5. The van der Waals surface area contributed by atoms with Gasteiger partial charge in [-0.05, 0) is 13.3 Å². The number of aromatic nitrogens is 1. The van der Waals surface area contributed by atoms with Crippen LogP contribution in [0.2, 0.25) is 4.34 Å². The van der Waals surface area contributed by atoms with Crippen molar-refractivity contribution in [3.63, 3.8) is 0 Å². The molecule has 0 spiro atoms. The summed E-state index contributed by atoms with van der Waals surface area (Å²) >= 11 is 7.10. The van der Waals surface area contributed by atoms with E-state index in [0.717, 1.165) is 6.42 Å². The van der Waals surface area contributed by atoms with Gasteiger partial charge in [0.2, 0.25) is 5.91 Å². The van der Waals surface area contributed by atoms with Crippen molar-refractivity contribution in [2.75, 3.05) is 11.4 Å². The number of hydrogen-bond acceptors (Lipinski definition) is 3. The zero-order valence-electron chi connectivity index (χ0n) is 8.29. The predicted octanol–water partition coefficient (Wildman–Crippen LogP) is 2.95. The van der Waals surface area contributed by atoms with E-state index < -0.39 is 0 Å². The Balaban J connectivity index is 2.76. The van der Waals surface area contributed by atoms with Crippen molar-refractivity contribution in [1.29, 1.82) is 0 Å². The van der Waals surface area contributed by atoms with E-state index in [2.05, 4.69) is 4.98 Å². The molecule has 14 heavy (non-hydrogen) atoms. The van der Waals surface area contributed by atoms with Crippen molar-refractivity contribution < 1.29 is 4.79 Å². The number of thiazole rings is 1. The average molecular weight is 233 g/mol. The number of nitrogens with zero attached hydrogens (tertiary/aromatic N) is 2. The Hall–Kier alpha value is -0.610. The van der Waals surface area contributed by atoms with Crippen molar-refractivity contribution in [2.45, 2.75) is 26.7 Å². The number of amides is 1. The SMILES string of the molecule is CCCC(=O)N(CC)c1ncc(Cl)s1. The van der Waals surface area contributed by atoms with Gasteiger partial charge in [-0.25, -0.2) is 4.98 Å². The van der Waals surface area contributed by atoms with Crippen LogP contribution in [-0.4, -0.2) is 17.4 Å². The van der Waals surface area contributed by atoms with E-state index in [1.54, 1.807) is 11.1 Å². The molecular formula is C9H13ClN2OS. The second kappa shape index (κ2) is 5.32. The maximum absolute atomic E-state index is 11.6. The highest BCUT2D eigenvalue weighted by atomic mass is 35.5. The van der Waals surface area contributed by atoms with Gasteiger partial charge in [0.25, 0.3) is 0 Å². The molecule has 0 aliphatic rings. The van der Waals surface area contributed by atoms with E-state index in [1.807, 2.05) is 13.8 Å². The molecule has 5 heteroatoms. The Morgan fingerprint density at radius 1 is 1.64 bits per heavy atom. The molecule has 0 fully saturated rings. The zero-order valence-corrected chi connectivity index (χ0v) is 9.86. The summed E-state index contributed by atoms with van der Waals surface area (Å²) in [7, 11) is 0. The van der Waals surface area contributed by atoms with Crippen LogP contribution in [0.3, 0.4) is 0 Å². The molecule has 1 heterocycles. The molecule has 0 atom stereocenters. The first-order chi connectivity index (χ1) is 6.69. The number of carbonyl (C=O) groups excluding carboxylic acids is 1. The summed E-state index contributed by atoms with van der Waals surface area (Å²) < 4.78 is 0.614. The molecule has 1 aromatic heterocycles. The number of hydrogen-bond donors (Lipinski definition) is 0. The van der Waals surface area contributed by atoms with Crippen LogP contribution in [0.25, 0.3) is 0 Å². The second-order valence-electron chi connectivity index (χ2n) is 2.83. The van der Waals surface area contributed by atoms with Gasteiger partial charge in [-0.3, -0.25) is 9.69 Å². The summed E-state index contributed by atoms with van der Waals surface area (Å²) in [5.41, 5.74) is 0. The van der Waals surface area contributed by atoms with E-state index in [4.69, 9.17) is 11.6 Å². The quantitative estimate of drug-likeness (QED) is 0.800. The highest BCUT2D eigenvalue weighted by molar-refractivity contribution is 7.19. The first-order valence-corrected chi connectivity index (χ1v) is 5.80. The van der Waals surface area contributed by atoms with E-state index in [-0.39, 0.29) is 5.91 Å². The highest BCUT2D eigenvalue weighted by Crippen LogP contribution is 2.26. The highest BCUT2D eigenvalue weighted by Gasteiger charge is 2.15. The number of carbonyl (C=O) groups is 1. The van der Waals surface area contributed by atoms with Crippen molar-refractivity contribution >= 4 is 34.0 Å². The third-order valence-corrected chi connectivity index (χ3v) is 2.92. The van der Waals surface area contributed by atoms with Gasteiger partial charge in [0.15, 0.2) is 5.13 Å². The topological polar surface area (TPSA) is 33.2 Å². The molecule has 1 rings (SSSR count). The smallest absolute Gasteiger partial charge is 0.228 e. The predicted molar refractivity (Wildman–Crippen MR) is 60.1 cm³/mol. The molecule has 0 N–H and O–H groups in total. The molecule has 0 aromatic carbocycles. The van der Waals surface area contributed by atoms with Crippen LogP contribution in [0.4, 0.5) is 5.13 Å². The molecule has 1 amide bonds. The van der Waals surface area contributed by atoms with E-state index in [9.17, 15) is 4.79 Å². The molecule has 0 saturated heterocycles. The Morgan fingerprint density at radius 2 is 2.36 bits per heavy atom. The van der Waals surface area contributed by atoms with Crippen LogP contribution in [0, 0.1) is 0 Å². The zero-order chi connectivity index (χ0) is 10.6. The molecule has 0 bridgehead atoms. The van der Waals surface area contributed by atoms with E-state index in [0.29, 0.717) is 22.4 Å². The van der Waals surface area contributed by atoms with Crippen LogP contribution in [-0.2, 0) is 4.79 Å². The van der Waals surface area contributed by atoms with Gasteiger partial charge in [-0.1, -0.05) is 29.9 Å². The van der Waals surface area contributed by atoms with Gasteiger partial charge in [0.05, 0.1) is 6.20 Å². The van der Waals surface area contributed by atoms with Gasteiger partial charge in [0, 0.05) is 13.0 Å². The fourth-order valence-corrected chi connectivity index (χ4v) is 2.12. The fraction of sp³-hybridized carbons (Fsp3) is 0.556. The molecule has 3 nitrogen and oxygen atoms in total. The average Bonchev–Trinajstić information content (AvgIpc) is 2.54. The standard InChI is InChI=1S/C9H13ClN2OS/c1-3-5-8(13)12(4-2)9-11-6-7(10)14-9/h6H,3-5H2,1-2H3. The minimum absolute atomic E-state index is 0.112. The maximum Gasteiger partial charge on any atom is 0.228 e. The van der Waals surface area contributed by atoms with Crippen LogP contribution < -0.4 is 4.90 Å². The second-order valence-corrected chi connectivity index (χ2v) is 4.48. The van der Waals surface area contributed by atoms with Crippen LogP contribution in [0.1, 0.15) is 26.7 Å². The summed E-state index contributed by atoms with van der Waals surface area (Å²) in [6, 6.07) is 0. The Kier molecular flexibility index (Phi) is 4.35. The molecule has 0 unspecified atom stereocenters. The van der Waals surface area contributed by atoms with Crippen LogP contribution in [0.15, 0.2) is 6.20 Å². The minimum atomic E-state index is 0.112. The van der Waals surface area contributed by atoms with Crippen molar-refractivity contribution in [3.8, 4) is 0 Å². The van der Waals surface area contributed by atoms with Gasteiger partial charge in [-0.15, -0.1) is 0 Å². The summed E-state index contributed by atoms with van der Waals surface area (Å²) in [5.74, 6) is 0.112. The Morgan fingerprint density at radius 3 is 2.79 bits per heavy atom. The van der Waals surface area contributed by atoms with E-state index in [1.165, 1.54) is 11.3 Å². The molecule has 0 aliphatic carbocycles. The van der Waals surface area contributed by atoms with Gasteiger partial charge in [-0.2, -0.15) is 0 Å². The lowest BCUT2D eigenvalue weighted by Gasteiger charge is -2.16. The van der Waals surface area contributed by atoms with Crippen LogP contribution in [0.5, 0.6) is 0 Å². The molecule has 0 saturated carbocycles. The molecule has 0 aliphatic heterocycles. The van der Waals surface area contributed by atoms with Crippen LogP contribution >= 0.6 is 22.9 Å². The number of anilines is 1. The number of halogens is 1.